The van der Waals surface area contributed by atoms with E-state index in [0.717, 1.165) is 32.1 Å². The van der Waals surface area contributed by atoms with Crippen molar-refractivity contribution in [1.82, 2.24) is 15.1 Å². The predicted octanol–water partition coefficient (Wildman–Crippen LogP) is 2.91. The Kier molecular flexibility index (Phi) is 8.40. The lowest BCUT2D eigenvalue weighted by atomic mass is 9.97. The van der Waals surface area contributed by atoms with Gasteiger partial charge in [0.25, 0.3) is 5.91 Å². The van der Waals surface area contributed by atoms with Crippen molar-refractivity contribution in [2.45, 2.75) is 51.1 Å². The molecule has 2 heterocycles. The van der Waals surface area contributed by atoms with E-state index in [0.29, 0.717) is 49.9 Å². The molecule has 0 unspecified atom stereocenters. The fourth-order valence-corrected chi connectivity index (χ4v) is 4.42. The van der Waals surface area contributed by atoms with Crippen LogP contribution >= 0.6 is 0 Å². The molecule has 0 atom stereocenters. The Labute approximate surface area is 184 Å². The van der Waals surface area contributed by atoms with Crippen LogP contribution in [0.4, 0.5) is 4.79 Å². The average Bonchev–Trinajstić information content (AvgIpc) is 2.83. The summed E-state index contributed by atoms with van der Waals surface area (Å²) in [6.45, 7) is 5.36. The second-order valence-corrected chi connectivity index (χ2v) is 8.08. The summed E-state index contributed by atoms with van der Waals surface area (Å²) in [5, 5.41) is 3.05. The van der Waals surface area contributed by atoms with Gasteiger partial charge in [-0.25, -0.2) is 4.79 Å². The van der Waals surface area contributed by atoms with Crippen molar-refractivity contribution in [3.63, 3.8) is 0 Å². The number of likely N-dealkylation sites (tertiary alicyclic amines) is 1. The maximum absolute atomic E-state index is 13.0. The number of hydrogen-bond donors (Lipinski definition) is 1. The van der Waals surface area contributed by atoms with Crippen LogP contribution in [-0.2, 0) is 4.74 Å². The molecule has 1 N–H and O–H groups in total. The molecule has 0 aromatic heterocycles. The molecular weight excluding hydrogens is 398 g/mol. The van der Waals surface area contributed by atoms with Crippen molar-refractivity contribution in [2.75, 3.05) is 47.1 Å². The quantitative estimate of drug-likeness (QED) is 0.715. The SMILES string of the molecule is CCCNC(=O)N(C1CCOCC1)C1CCN(C(=O)c2ccc(OC)c(OC)c2)CC1. The summed E-state index contributed by atoms with van der Waals surface area (Å²) < 4.78 is 16.1. The summed E-state index contributed by atoms with van der Waals surface area (Å²) in [5.41, 5.74) is 0.582. The highest BCUT2D eigenvalue weighted by atomic mass is 16.5. The summed E-state index contributed by atoms with van der Waals surface area (Å²) in [5.74, 6) is 1.12. The van der Waals surface area contributed by atoms with Crippen LogP contribution in [0.25, 0.3) is 0 Å². The number of methoxy groups -OCH3 is 2. The smallest absolute Gasteiger partial charge is 0.317 e. The van der Waals surface area contributed by atoms with Gasteiger partial charge in [-0.3, -0.25) is 4.79 Å². The van der Waals surface area contributed by atoms with Gasteiger partial charge in [-0.2, -0.15) is 0 Å². The third-order valence-electron chi connectivity index (χ3n) is 6.12. The lowest BCUT2D eigenvalue weighted by Crippen LogP contribution is -2.56. The van der Waals surface area contributed by atoms with E-state index in [4.69, 9.17) is 14.2 Å². The van der Waals surface area contributed by atoms with Gasteiger partial charge in [-0.1, -0.05) is 6.92 Å². The molecule has 3 rings (SSSR count). The van der Waals surface area contributed by atoms with E-state index in [2.05, 4.69) is 12.2 Å². The Morgan fingerprint density at radius 2 is 1.71 bits per heavy atom. The van der Waals surface area contributed by atoms with Gasteiger partial charge in [-0.05, 0) is 50.3 Å². The van der Waals surface area contributed by atoms with Crippen molar-refractivity contribution < 1.29 is 23.8 Å². The van der Waals surface area contributed by atoms with E-state index < -0.39 is 0 Å². The van der Waals surface area contributed by atoms with E-state index >= 15 is 0 Å². The second kappa shape index (κ2) is 11.2. The van der Waals surface area contributed by atoms with Gasteiger partial charge in [0.1, 0.15) is 0 Å². The summed E-state index contributed by atoms with van der Waals surface area (Å²) in [4.78, 5) is 29.9. The van der Waals surface area contributed by atoms with Crippen molar-refractivity contribution in [3.8, 4) is 11.5 Å². The standard InChI is InChI=1S/C23H35N3O5/c1-4-11-24-23(28)26(19-9-14-31-15-10-19)18-7-12-25(13-8-18)22(27)17-5-6-20(29-2)21(16-17)30-3/h5-6,16,18-19H,4,7-15H2,1-3H3,(H,24,28). The van der Waals surface area contributed by atoms with Crippen LogP contribution in [0.1, 0.15) is 49.4 Å². The van der Waals surface area contributed by atoms with E-state index in [1.807, 2.05) is 9.80 Å². The van der Waals surface area contributed by atoms with Crippen molar-refractivity contribution in [1.29, 1.82) is 0 Å². The molecule has 3 amide bonds. The summed E-state index contributed by atoms with van der Waals surface area (Å²) in [6.07, 6.45) is 4.19. The van der Waals surface area contributed by atoms with Crippen LogP contribution < -0.4 is 14.8 Å². The number of piperidine rings is 1. The maximum Gasteiger partial charge on any atom is 0.317 e. The molecule has 0 saturated carbocycles. The van der Waals surface area contributed by atoms with E-state index in [-0.39, 0.29) is 24.0 Å². The average molecular weight is 434 g/mol. The molecule has 0 bridgehead atoms. The van der Waals surface area contributed by atoms with Gasteiger partial charge >= 0.3 is 6.03 Å². The zero-order valence-electron chi connectivity index (χ0n) is 18.9. The number of carbonyl (C=O) groups excluding carboxylic acids is 2. The van der Waals surface area contributed by atoms with Crippen LogP contribution in [0.15, 0.2) is 18.2 Å². The number of urea groups is 1. The van der Waals surface area contributed by atoms with Crippen LogP contribution in [0.2, 0.25) is 0 Å². The molecular formula is C23H35N3O5. The number of nitrogens with one attached hydrogen (secondary N) is 1. The Morgan fingerprint density at radius 1 is 1.06 bits per heavy atom. The number of benzene rings is 1. The minimum Gasteiger partial charge on any atom is -0.493 e. The van der Waals surface area contributed by atoms with Gasteiger partial charge in [0.05, 0.1) is 14.2 Å². The number of carbonyl (C=O) groups is 2. The highest BCUT2D eigenvalue weighted by Crippen LogP contribution is 2.29. The lowest BCUT2D eigenvalue weighted by Gasteiger charge is -2.43. The largest absolute Gasteiger partial charge is 0.493 e. The minimum atomic E-state index is -0.0209. The molecule has 1 aromatic carbocycles. The molecule has 8 nitrogen and oxygen atoms in total. The zero-order chi connectivity index (χ0) is 22.2. The summed E-state index contributed by atoms with van der Waals surface area (Å²) in [7, 11) is 3.14. The first kappa shape index (κ1) is 23.2. The predicted molar refractivity (Wildman–Crippen MR) is 118 cm³/mol. The molecule has 1 aromatic rings. The fraction of sp³-hybridized carbons (Fsp3) is 0.652. The molecule has 2 aliphatic rings. The lowest BCUT2D eigenvalue weighted by molar-refractivity contribution is 0.0209. The Bertz CT molecular complexity index is 743. The van der Waals surface area contributed by atoms with Crippen LogP contribution in [0.5, 0.6) is 11.5 Å². The molecule has 0 spiro atoms. The molecule has 0 aliphatic carbocycles. The normalized spacial score (nSPS) is 17.8. The first-order chi connectivity index (χ1) is 15.1. The number of ether oxygens (including phenoxy) is 3. The van der Waals surface area contributed by atoms with E-state index in [1.165, 1.54) is 0 Å². The van der Waals surface area contributed by atoms with Crippen molar-refractivity contribution in [2.24, 2.45) is 0 Å². The Hall–Kier alpha value is -2.48. The number of hydrogen-bond acceptors (Lipinski definition) is 5. The number of amides is 3. The van der Waals surface area contributed by atoms with Gasteiger partial charge in [0, 0.05) is 50.5 Å². The van der Waals surface area contributed by atoms with E-state index in [9.17, 15) is 9.59 Å². The zero-order valence-corrected chi connectivity index (χ0v) is 18.9. The Morgan fingerprint density at radius 3 is 2.32 bits per heavy atom. The van der Waals surface area contributed by atoms with E-state index in [1.54, 1.807) is 32.4 Å². The molecule has 2 saturated heterocycles. The fourth-order valence-electron chi connectivity index (χ4n) is 4.42. The van der Waals surface area contributed by atoms with Crippen LogP contribution in [0, 0.1) is 0 Å². The molecule has 172 valence electrons. The first-order valence-corrected chi connectivity index (χ1v) is 11.2. The topological polar surface area (TPSA) is 80.3 Å². The summed E-state index contributed by atoms with van der Waals surface area (Å²) in [6, 6.07) is 5.59. The number of rotatable bonds is 7. The van der Waals surface area contributed by atoms with Gasteiger partial charge < -0.3 is 29.3 Å². The van der Waals surface area contributed by atoms with Gasteiger partial charge in [-0.15, -0.1) is 0 Å². The molecule has 31 heavy (non-hydrogen) atoms. The highest BCUT2D eigenvalue weighted by molar-refractivity contribution is 5.95. The van der Waals surface area contributed by atoms with Crippen molar-refractivity contribution >= 4 is 11.9 Å². The van der Waals surface area contributed by atoms with Crippen LogP contribution in [-0.4, -0.2) is 80.9 Å². The second-order valence-electron chi connectivity index (χ2n) is 8.08. The third-order valence-corrected chi connectivity index (χ3v) is 6.12. The molecule has 2 aliphatic heterocycles. The minimum absolute atomic E-state index is 0.0124. The molecule has 2 fully saturated rings. The van der Waals surface area contributed by atoms with Crippen LogP contribution in [0.3, 0.4) is 0 Å². The first-order valence-electron chi connectivity index (χ1n) is 11.2. The third kappa shape index (κ3) is 5.61. The Balaban J connectivity index is 1.65. The van der Waals surface area contributed by atoms with Gasteiger partial charge in [0.15, 0.2) is 11.5 Å². The van der Waals surface area contributed by atoms with Crippen molar-refractivity contribution in [3.05, 3.63) is 23.8 Å². The number of nitrogens with zero attached hydrogens (tertiary/aromatic N) is 2. The maximum atomic E-state index is 13.0. The highest BCUT2D eigenvalue weighted by Gasteiger charge is 2.35. The molecule has 8 heteroatoms. The monoisotopic (exact) mass is 433 g/mol. The summed E-state index contributed by atoms with van der Waals surface area (Å²) >= 11 is 0. The van der Waals surface area contributed by atoms with Gasteiger partial charge in [0.2, 0.25) is 0 Å². The molecule has 0 radical (unpaired) electrons.